The fraction of sp³-hybridized carbons (Fsp3) is 0.833. The number of nitrogens with one attached hydrogen (secondary N) is 1. The molecule has 18 heavy (non-hydrogen) atoms. The first-order chi connectivity index (χ1) is 7.91. The van der Waals surface area contributed by atoms with E-state index in [1.807, 2.05) is 0 Å². The molecule has 0 spiro atoms. The van der Waals surface area contributed by atoms with Crippen LogP contribution in [-0.2, 0) is 0 Å². The quantitative estimate of drug-likeness (QED) is 0.568. The molecule has 1 aliphatic heterocycles. The molecule has 4 nitrogen and oxygen atoms in total. The summed E-state index contributed by atoms with van der Waals surface area (Å²) in [4.78, 5) is 1.39. The molecule has 108 valence electrons. The zero-order valence-electron chi connectivity index (χ0n) is 9.99. The molecule has 1 N–H and O–H groups in total. The van der Waals surface area contributed by atoms with Crippen LogP contribution in [0.1, 0.15) is 13.8 Å². The van der Waals surface area contributed by atoms with Crippen molar-refractivity contribution in [2.45, 2.75) is 13.8 Å². The van der Waals surface area contributed by atoms with Crippen LogP contribution in [0.2, 0.25) is 0 Å². The van der Waals surface area contributed by atoms with E-state index in [1.165, 1.54) is 18.7 Å². The fourth-order valence-electron chi connectivity index (χ4n) is 1.36. The van der Waals surface area contributed by atoms with Crippen molar-refractivity contribution in [1.29, 1.82) is 0 Å². The molecule has 1 aliphatic rings. The van der Waals surface area contributed by atoms with Gasteiger partial charge in [-0.2, -0.15) is 0 Å². The van der Waals surface area contributed by atoms with Crippen LogP contribution in [0.5, 0.6) is 0 Å². The van der Waals surface area contributed by atoms with Gasteiger partial charge in [0.1, 0.15) is 0 Å². The zero-order chi connectivity index (χ0) is 14.3. The van der Waals surface area contributed by atoms with Gasteiger partial charge in [-0.1, -0.05) is 0 Å². The average molecular weight is 330 g/mol. The second-order valence-corrected chi connectivity index (χ2v) is 10.8. The molecular formula is C6H14F5N4P3. The Hall–Kier alpha value is 0.240. The molecule has 0 bridgehead atoms. The summed E-state index contributed by atoms with van der Waals surface area (Å²) >= 11 is 0. The summed E-state index contributed by atoms with van der Waals surface area (Å²) in [6.45, 7) is 3.29. The predicted octanol–water partition coefficient (Wildman–Crippen LogP) is 5.24. The minimum atomic E-state index is -6.08. The summed E-state index contributed by atoms with van der Waals surface area (Å²) < 4.78 is 74.7. The number of nitrogens with zero attached hydrogens (tertiary/aromatic N) is 3. The predicted molar refractivity (Wildman–Crippen MR) is 68.1 cm³/mol. The van der Waals surface area contributed by atoms with Crippen LogP contribution in [-0.4, -0.2) is 30.0 Å². The minimum absolute atomic E-state index is 0.0101. The van der Waals surface area contributed by atoms with E-state index in [0.29, 0.717) is 6.66 Å². The zero-order valence-corrected chi connectivity index (χ0v) is 12.7. The summed E-state index contributed by atoms with van der Waals surface area (Å²) in [5.74, 6) is 0. The molecule has 0 saturated carbocycles. The van der Waals surface area contributed by atoms with Gasteiger partial charge in [-0.05, 0) is 0 Å². The van der Waals surface area contributed by atoms with Gasteiger partial charge in [-0.3, -0.25) is 0 Å². The fourth-order valence-corrected chi connectivity index (χ4v) is 8.60. The first-order valence-electron chi connectivity index (χ1n) is 5.03. The average Bonchev–Trinajstić information content (AvgIpc) is 2.20. The van der Waals surface area contributed by atoms with E-state index in [9.17, 15) is 21.0 Å². The molecular weight excluding hydrogens is 316 g/mol. The Bertz CT molecular complexity index is 481. The molecule has 0 aromatic heterocycles. The molecule has 1 unspecified atom stereocenters. The molecule has 0 radical (unpaired) electrons. The number of hydrogen-bond acceptors (Lipinski definition) is 4. The first kappa shape index (κ1) is 16.3. The van der Waals surface area contributed by atoms with E-state index in [2.05, 4.69) is 9.28 Å². The SMILES string of the molecule is CCN(CC)P1(F)=NP(F)(F)=C=NP(C)(F)(F)N1. The summed E-state index contributed by atoms with van der Waals surface area (Å²) in [5, 5.41) is 0. The molecule has 0 saturated heterocycles. The van der Waals surface area contributed by atoms with E-state index >= 15 is 0 Å². The first-order valence-corrected chi connectivity index (χ1v) is 10.6. The van der Waals surface area contributed by atoms with E-state index in [-0.39, 0.29) is 13.1 Å². The third-order valence-corrected chi connectivity index (χ3v) is 9.07. The maximum absolute atomic E-state index is 14.5. The molecule has 1 atom stereocenters. The molecule has 1 rings (SSSR count). The monoisotopic (exact) mass is 330 g/mol. The van der Waals surface area contributed by atoms with Crippen molar-refractivity contribution < 1.29 is 21.0 Å². The Labute approximate surface area is 102 Å². The summed E-state index contributed by atoms with van der Waals surface area (Å²) in [6.07, 6.45) is 0. The van der Waals surface area contributed by atoms with Gasteiger partial charge < -0.3 is 0 Å². The van der Waals surface area contributed by atoms with Crippen LogP contribution in [0.3, 0.4) is 0 Å². The molecule has 0 amide bonds. The standard InChI is InChI=1S/C6H14F5N4P3/c1-4-15(5-2)17(9)13-16(7,8)6-12-18(3,10,11)14-17/h14H,4-5H2,1-3H3. The summed E-state index contributed by atoms with van der Waals surface area (Å²) in [6, 6.07) is 0. The van der Waals surface area contributed by atoms with Crippen LogP contribution in [0, 0.1) is 0 Å². The van der Waals surface area contributed by atoms with Gasteiger partial charge in [-0.25, -0.2) is 0 Å². The van der Waals surface area contributed by atoms with Gasteiger partial charge in [0.05, 0.1) is 0 Å². The van der Waals surface area contributed by atoms with Crippen molar-refractivity contribution in [3.63, 3.8) is 0 Å². The van der Waals surface area contributed by atoms with Crippen LogP contribution < -0.4 is 4.86 Å². The summed E-state index contributed by atoms with van der Waals surface area (Å²) in [5.41, 5.74) is 1.05. The van der Waals surface area contributed by atoms with Gasteiger partial charge in [-0.15, -0.1) is 0 Å². The van der Waals surface area contributed by atoms with Crippen LogP contribution in [0.4, 0.5) is 21.0 Å². The Balaban J connectivity index is 3.53. The van der Waals surface area contributed by atoms with E-state index in [1.54, 1.807) is 0 Å². The summed E-state index contributed by atoms with van der Waals surface area (Å²) in [7, 11) is -16.1. The Kier molecular flexibility index (Phi) is 4.22. The van der Waals surface area contributed by atoms with Crippen LogP contribution >= 0.6 is 22.9 Å². The molecule has 0 aliphatic carbocycles. The number of halogens is 5. The molecule has 0 aromatic rings. The second-order valence-electron chi connectivity index (χ2n) is 3.78. The van der Waals surface area contributed by atoms with Crippen molar-refractivity contribution in [2.24, 2.45) is 9.28 Å². The van der Waals surface area contributed by atoms with Gasteiger partial charge >= 0.3 is 102 Å². The number of hydrogen-bond donors (Lipinski definition) is 1. The molecule has 0 fully saturated rings. The van der Waals surface area contributed by atoms with Crippen molar-refractivity contribution >= 4 is 28.4 Å². The van der Waals surface area contributed by atoms with Gasteiger partial charge in [0, 0.05) is 0 Å². The topological polar surface area (TPSA) is 40.0 Å². The number of rotatable bonds is 3. The van der Waals surface area contributed by atoms with Crippen molar-refractivity contribution in [3.05, 3.63) is 0 Å². The van der Waals surface area contributed by atoms with Crippen LogP contribution in [0.15, 0.2) is 9.28 Å². The molecule has 12 heteroatoms. The molecule has 0 aromatic carbocycles. The maximum atomic E-state index is 14.5. The Morgan fingerprint density at radius 3 is 2.17 bits per heavy atom. The Morgan fingerprint density at radius 2 is 1.72 bits per heavy atom. The van der Waals surface area contributed by atoms with Crippen LogP contribution in [0.25, 0.3) is 0 Å². The van der Waals surface area contributed by atoms with E-state index in [0.717, 1.165) is 10.3 Å². The van der Waals surface area contributed by atoms with Crippen molar-refractivity contribution in [1.82, 2.24) is 9.53 Å². The normalized spacial score (nSPS) is 34.8. The third-order valence-electron chi connectivity index (χ3n) is 2.07. The van der Waals surface area contributed by atoms with Gasteiger partial charge in [0.25, 0.3) is 0 Å². The van der Waals surface area contributed by atoms with Gasteiger partial charge in [0.15, 0.2) is 0 Å². The molecule has 1 heterocycles. The van der Waals surface area contributed by atoms with Crippen molar-refractivity contribution in [2.75, 3.05) is 19.8 Å². The van der Waals surface area contributed by atoms with E-state index < -0.39 is 22.9 Å². The van der Waals surface area contributed by atoms with Crippen molar-refractivity contribution in [3.8, 4) is 0 Å². The third kappa shape index (κ3) is 3.86. The van der Waals surface area contributed by atoms with E-state index in [4.69, 9.17) is 0 Å². The Morgan fingerprint density at radius 1 is 1.22 bits per heavy atom. The van der Waals surface area contributed by atoms with Gasteiger partial charge in [0.2, 0.25) is 0 Å². The second kappa shape index (κ2) is 4.66.